The number of thiophene rings is 1. The number of carbonyl (C=O) groups excluding carboxylic acids is 2. The number of amides is 2. The van der Waals surface area contributed by atoms with Gasteiger partial charge in [0.1, 0.15) is 0 Å². The number of rotatable bonds is 3. The number of hydrogen-bond donors (Lipinski definition) is 0. The molecule has 3 fully saturated rings. The summed E-state index contributed by atoms with van der Waals surface area (Å²) >= 11 is 1.57. The second kappa shape index (κ2) is 5.93. The van der Waals surface area contributed by atoms with Gasteiger partial charge in [-0.2, -0.15) is 11.3 Å². The number of hydrogen-bond acceptors (Lipinski definition) is 3. The van der Waals surface area contributed by atoms with Gasteiger partial charge in [-0.1, -0.05) is 0 Å². The minimum atomic E-state index is 0.0311. The van der Waals surface area contributed by atoms with Crippen molar-refractivity contribution in [3.63, 3.8) is 0 Å². The molecule has 0 N–H and O–H groups in total. The predicted molar refractivity (Wildman–Crippen MR) is 90.5 cm³/mol. The Bertz CT molecular complexity index is 596. The topological polar surface area (TPSA) is 40.6 Å². The second-order valence-electron chi connectivity index (χ2n) is 7.33. The summed E-state index contributed by atoms with van der Waals surface area (Å²) in [5, 5.41) is 3.89. The zero-order valence-electron chi connectivity index (χ0n) is 13.5. The third-order valence-electron chi connectivity index (χ3n) is 5.79. The van der Waals surface area contributed by atoms with E-state index in [0.29, 0.717) is 12.3 Å². The number of likely N-dealkylation sites (tertiary alicyclic amines) is 2. The van der Waals surface area contributed by atoms with Gasteiger partial charge in [0.05, 0.1) is 5.56 Å². The maximum Gasteiger partial charge on any atom is 0.254 e. The Morgan fingerprint density at radius 1 is 1.26 bits per heavy atom. The zero-order valence-corrected chi connectivity index (χ0v) is 14.3. The fraction of sp³-hybridized carbons (Fsp3) is 0.667. The lowest BCUT2D eigenvalue weighted by molar-refractivity contribution is -0.131. The van der Waals surface area contributed by atoms with E-state index in [4.69, 9.17) is 0 Å². The largest absolute Gasteiger partial charge is 0.339 e. The third kappa shape index (κ3) is 2.91. The van der Waals surface area contributed by atoms with Crippen LogP contribution < -0.4 is 0 Å². The fourth-order valence-corrected chi connectivity index (χ4v) is 4.83. The van der Waals surface area contributed by atoms with E-state index in [9.17, 15) is 9.59 Å². The van der Waals surface area contributed by atoms with E-state index in [1.807, 2.05) is 21.7 Å². The lowest BCUT2D eigenvalue weighted by Gasteiger charge is -2.38. The number of nitrogens with zero attached hydrogens (tertiary/aromatic N) is 2. The molecule has 0 bridgehead atoms. The molecule has 2 saturated heterocycles. The van der Waals surface area contributed by atoms with Crippen molar-refractivity contribution in [2.45, 2.75) is 50.5 Å². The van der Waals surface area contributed by atoms with Crippen molar-refractivity contribution in [1.29, 1.82) is 0 Å². The lowest BCUT2D eigenvalue weighted by atomic mass is 9.87. The van der Waals surface area contributed by atoms with E-state index in [-0.39, 0.29) is 11.4 Å². The highest BCUT2D eigenvalue weighted by atomic mass is 32.1. The Labute approximate surface area is 141 Å². The summed E-state index contributed by atoms with van der Waals surface area (Å²) in [7, 11) is 0. The fourth-order valence-electron chi connectivity index (χ4n) is 4.20. The molecule has 1 atom stereocenters. The SMILES string of the molecule is O=C(c1ccsc1)N1CCC[C@@]2(CCC(=O)N2CC2CC2)CC1. The van der Waals surface area contributed by atoms with Crippen LogP contribution in [0.15, 0.2) is 16.8 Å². The molecule has 0 unspecified atom stereocenters. The van der Waals surface area contributed by atoms with Gasteiger partial charge in [0, 0.05) is 37.0 Å². The van der Waals surface area contributed by atoms with Crippen LogP contribution in [0.3, 0.4) is 0 Å². The molecule has 5 heteroatoms. The van der Waals surface area contributed by atoms with Crippen LogP contribution in [0.1, 0.15) is 55.3 Å². The Balaban J connectivity index is 1.47. The van der Waals surface area contributed by atoms with Crippen LogP contribution in [0.5, 0.6) is 0 Å². The first-order chi connectivity index (χ1) is 11.2. The molecule has 3 heterocycles. The molecule has 23 heavy (non-hydrogen) atoms. The van der Waals surface area contributed by atoms with Crippen LogP contribution >= 0.6 is 11.3 Å². The molecule has 3 aliphatic rings. The summed E-state index contributed by atoms with van der Waals surface area (Å²) in [4.78, 5) is 29.2. The predicted octanol–water partition coefficient (Wildman–Crippen LogP) is 3.15. The molecule has 1 spiro atoms. The van der Waals surface area contributed by atoms with Crippen molar-refractivity contribution in [1.82, 2.24) is 9.80 Å². The summed E-state index contributed by atoms with van der Waals surface area (Å²) in [5.41, 5.74) is 0.840. The molecular formula is C18H24N2O2S. The van der Waals surface area contributed by atoms with E-state index in [1.54, 1.807) is 11.3 Å². The quantitative estimate of drug-likeness (QED) is 0.853. The van der Waals surface area contributed by atoms with E-state index in [1.165, 1.54) is 12.8 Å². The smallest absolute Gasteiger partial charge is 0.254 e. The molecule has 4 nitrogen and oxygen atoms in total. The summed E-state index contributed by atoms with van der Waals surface area (Å²) < 4.78 is 0. The Kier molecular flexibility index (Phi) is 3.92. The first-order valence-corrected chi connectivity index (χ1v) is 9.74. The van der Waals surface area contributed by atoms with E-state index < -0.39 is 0 Å². The van der Waals surface area contributed by atoms with Gasteiger partial charge >= 0.3 is 0 Å². The Morgan fingerprint density at radius 2 is 2.13 bits per heavy atom. The van der Waals surface area contributed by atoms with Crippen LogP contribution in [-0.2, 0) is 4.79 Å². The zero-order chi connectivity index (χ0) is 15.9. The third-order valence-corrected chi connectivity index (χ3v) is 6.47. The maximum absolute atomic E-state index is 12.6. The van der Waals surface area contributed by atoms with Crippen molar-refractivity contribution in [2.75, 3.05) is 19.6 Å². The molecule has 1 aliphatic carbocycles. The Morgan fingerprint density at radius 3 is 2.87 bits per heavy atom. The Hall–Kier alpha value is -1.36. The van der Waals surface area contributed by atoms with E-state index in [0.717, 1.165) is 56.8 Å². The molecule has 4 rings (SSSR count). The highest BCUT2D eigenvalue weighted by molar-refractivity contribution is 7.08. The summed E-state index contributed by atoms with van der Waals surface area (Å²) in [6, 6.07) is 1.91. The van der Waals surface area contributed by atoms with E-state index >= 15 is 0 Å². The highest BCUT2D eigenvalue weighted by Gasteiger charge is 2.47. The molecule has 1 aromatic rings. The van der Waals surface area contributed by atoms with Crippen molar-refractivity contribution in [3.05, 3.63) is 22.4 Å². The minimum absolute atomic E-state index is 0.0311. The van der Waals surface area contributed by atoms with Crippen LogP contribution in [0.25, 0.3) is 0 Å². The normalized spacial score (nSPS) is 28.4. The average molecular weight is 332 g/mol. The van der Waals surface area contributed by atoms with Gasteiger partial charge in [-0.3, -0.25) is 9.59 Å². The monoisotopic (exact) mass is 332 g/mol. The average Bonchev–Trinajstić information content (AvgIpc) is 3.18. The summed E-state index contributed by atoms with van der Waals surface area (Å²) in [6.07, 6.45) is 7.25. The second-order valence-corrected chi connectivity index (χ2v) is 8.11. The van der Waals surface area contributed by atoms with Crippen molar-refractivity contribution in [2.24, 2.45) is 5.92 Å². The van der Waals surface area contributed by atoms with Crippen molar-refractivity contribution in [3.8, 4) is 0 Å². The number of carbonyl (C=O) groups is 2. The van der Waals surface area contributed by atoms with Crippen molar-refractivity contribution < 1.29 is 9.59 Å². The first kappa shape index (κ1) is 15.2. The van der Waals surface area contributed by atoms with Crippen LogP contribution in [-0.4, -0.2) is 46.8 Å². The standard InChI is InChI=1S/C18H24N2O2S/c21-16-4-7-18(20(16)12-14-2-3-14)6-1-9-19(10-8-18)17(22)15-5-11-23-13-15/h5,11,13-14H,1-4,6-10,12H2/t18-/m1/s1. The van der Waals surface area contributed by atoms with Crippen LogP contribution in [0.2, 0.25) is 0 Å². The van der Waals surface area contributed by atoms with Gasteiger partial charge in [0.25, 0.3) is 5.91 Å². The van der Waals surface area contributed by atoms with Gasteiger partial charge in [-0.05, 0) is 55.9 Å². The molecule has 1 aromatic heterocycles. The molecular weight excluding hydrogens is 308 g/mol. The molecule has 2 aliphatic heterocycles. The summed E-state index contributed by atoms with van der Waals surface area (Å²) in [5.74, 6) is 1.23. The molecule has 1 saturated carbocycles. The molecule has 0 radical (unpaired) electrons. The highest BCUT2D eigenvalue weighted by Crippen LogP contribution is 2.42. The molecule has 2 amide bonds. The lowest BCUT2D eigenvalue weighted by Crippen LogP contribution is -2.47. The summed E-state index contributed by atoms with van der Waals surface area (Å²) in [6.45, 7) is 2.56. The van der Waals surface area contributed by atoms with Crippen molar-refractivity contribution >= 4 is 23.2 Å². The minimum Gasteiger partial charge on any atom is -0.339 e. The maximum atomic E-state index is 12.6. The van der Waals surface area contributed by atoms with Gasteiger partial charge in [-0.25, -0.2) is 0 Å². The van der Waals surface area contributed by atoms with Gasteiger partial charge in [0.15, 0.2) is 0 Å². The van der Waals surface area contributed by atoms with Gasteiger partial charge in [0.2, 0.25) is 5.91 Å². The van der Waals surface area contributed by atoms with Gasteiger partial charge < -0.3 is 9.80 Å². The van der Waals surface area contributed by atoms with E-state index in [2.05, 4.69) is 4.90 Å². The van der Waals surface area contributed by atoms with Crippen LogP contribution in [0, 0.1) is 5.92 Å². The molecule has 124 valence electrons. The molecule has 0 aromatic carbocycles. The first-order valence-electron chi connectivity index (χ1n) is 8.80. The van der Waals surface area contributed by atoms with Crippen LogP contribution in [0.4, 0.5) is 0 Å². The van der Waals surface area contributed by atoms with Gasteiger partial charge in [-0.15, -0.1) is 0 Å².